The van der Waals surface area contributed by atoms with E-state index >= 15 is 0 Å². The van der Waals surface area contributed by atoms with Gasteiger partial charge in [-0.2, -0.15) is 0 Å². The fourth-order valence-electron chi connectivity index (χ4n) is 2.25. The summed E-state index contributed by atoms with van der Waals surface area (Å²) in [5, 5.41) is 0.292. The molecule has 0 unspecified atom stereocenters. The van der Waals surface area contributed by atoms with Crippen molar-refractivity contribution in [2.24, 2.45) is 0 Å². The third-order valence-corrected chi connectivity index (χ3v) is 4.31. The first-order chi connectivity index (χ1) is 8.52. The molecule has 2 aromatic rings. The molecule has 0 fully saturated rings. The first kappa shape index (κ1) is 11.6. The maximum atomic E-state index is 11.7. The Kier molecular flexibility index (Phi) is 2.39. The van der Waals surface area contributed by atoms with Crippen LogP contribution in [-0.2, 0) is 15.5 Å². The highest BCUT2D eigenvalue weighted by molar-refractivity contribution is 8.14. The van der Waals surface area contributed by atoms with Crippen molar-refractivity contribution in [3.8, 4) is 5.75 Å². The number of aromatic nitrogens is 1. The Labute approximate surface area is 107 Å². The molecule has 2 heterocycles. The predicted molar refractivity (Wildman–Crippen MR) is 65.9 cm³/mol. The largest absolute Gasteiger partial charge is 0.492 e. The molecule has 3 rings (SSSR count). The number of aromatic amines is 1. The predicted octanol–water partition coefficient (Wildman–Crippen LogP) is 1.84. The number of hydrogen-bond acceptors (Lipinski definition) is 4. The molecule has 0 bridgehead atoms. The van der Waals surface area contributed by atoms with Crippen LogP contribution in [0, 0.1) is 0 Å². The second kappa shape index (κ2) is 3.73. The molecule has 0 aliphatic carbocycles. The summed E-state index contributed by atoms with van der Waals surface area (Å²) in [5.41, 5.74) is 1.60. The Morgan fingerprint density at radius 1 is 1.44 bits per heavy atom. The molecule has 1 aromatic carbocycles. The van der Waals surface area contributed by atoms with Gasteiger partial charge in [0.1, 0.15) is 10.6 Å². The standard InChI is InChI=1S/C11H8ClNO4S/c12-18(15,16)11-9-7(5-14)4-13-8(9)3-6-1-2-17-10(6)11/h3-5,13H,1-2H2. The first-order valence-corrected chi connectivity index (χ1v) is 7.53. The maximum absolute atomic E-state index is 11.7. The molecule has 0 spiro atoms. The fourth-order valence-corrected chi connectivity index (χ4v) is 3.58. The van der Waals surface area contributed by atoms with Crippen LogP contribution in [0.4, 0.5) is 0 Å². The van der Waals surface area contributed by atoms with Crippen molar-refractivity contribution in [2.75, 3.05) is 6.61 Å². The molecule has 1 aliphatic rings. The van der Waals surface area contributed by atoms with Gasteiger partial charge in [-0.05, 0) is 6.07 Å². The van der Waals surface area contributed by atoms with Gasteiger partial charge in [0, 0.05) is 45.3 Å². The summed E-state index contributed by atoms with van der Waals surface area (Å²) < 4.78 is 28.8. The van der Waals surface area contributed by atoms with Crippen molar-refractivity contribution in [2.45, 2.75) is 11.3 Å². The number of carbonyl (C=O) groups excluding carboxylic acids is 1. The Hall–Kier alpha value is -1.53. The summed E-state index contributed by atoms with van der Waals surface area (Å²) in [6.45, 7) is 0.414. The van der Waals surface area contributed by atoms with E-state index in [1.165, 1.54) is 6.20 Å². The highest BCUT2D eigenvalue weighted by atomic mass is 35.7. The van der Waals surface area contributed by atoms with Gasteiger partial charge < -0.3 is 9.72 Å². The van der Waals surface area contributed by atoms with Gasteiger partial charge in [0.05, 0.1) is 6.61 Å². The van der Waals surface area contributed by atoms with E-state index in [2.05, 4.69) is 4.98 Å². The summed E-state index contributed by atoms with van der Waals surface area (Å²) in [7, 11) is 1.48. The number of nitrogens with one attached hydrogen (secondary N) is 1. The van der Waals surface area contributed by atoms with Crippen molar-refractivity contribution >= 4 is 36.9 Å². The Bertz CT molecular complexity index is 763. The van der Waals surface area contributed by atoms with Crippen LogP contribution in [0.2, 0.25) is 0 Å². The first-order valence-electron chi connectivity index (χ1n) is 5.22. The van der Waals surface area contributed by atoms with E-state index in [9.17, 15) is 13.2 Å². The molecule has 7 heteroatoms. The van der Waals surface area contributed by atoms with Crippen LogP contribution in [0.25, 0.3) is 10.9 Å². The lowest BCUT2D eigenvalue weighted by molar-refractivity contribution is 0.112. The minimum Gasteiger partial charge on any atom is -0.492 e. The summed E-state index contributed by atoms with van der Waals surface area (Å²) in [6.07, 6.45) is 2.67. The minimum atomic E-state index is -3.99. The Morgan fingerprint density at radius 2 is 2.22 bits per heavy atom. The molecule has 0 amide bonds. The lowest BCUT2D eigenvalue weighted by Gasteiger charge is -2.07. The number of ether oxygens (including phenoxy) is 1. The second-order valence-electron chi connectivity index (χ2n) is 4.01. The molecular formula is C11H8ClNO4S. The number of benzene rings is 1. The number of H-pyrrole nitrogens is 1. The van der Waals surface area contributed by atoms with Crippen LogP contribution in [0.5, 0.6) is 5.75 Å². The zero-order valence-electron chi connectivity index (χ0n) is 9.07. The van der Waals surface area contributed by atoms with Crippen LogP contribution < -0.4 is 4.74 Å². The summed E-state index contributed by atoms with van der Waals surface area (Å²) in [5.74, 6) is 0.264. The third kappa shape index (κ3) is 1.53. The number of halogens is 1. The smallest absolute Gasteiger partial charge is 0.265 e. The normalized spacial score (nSPS) is 14.5. The van der Waals surface area contributed by atoms with Gasteiger partial charge in [-0.15, -0.1) is 0 Å². The highest BCUT2D eigenvalue weighted by Gasteiger charge is 2.29. The van der Waals surface area contributed by atoms with Gasteiger partial charge in [0.15, 0.2) is 6.29 Å². The Balaban J connectivity index is 2.55. The SMILES string of the molecule is O=Cc1c[nH]c2cc3c(c(S(=O)(=O)Cl)c12)OCC3. The van der Waals surface area contributed by atoms with E-state index in [1.807, 2.05) is 0 Å². The van der Waals surface area contributed by atoms with Crippen molar-refractivity contribution in [3.05, 3.63) is 23.4 Å². The molecule has 0 saturated heterocycles. The van der Waals surface area contributed by atoms with Crippen LogP contribution in [0.15, 0.2) is 17.2 Å². The lowest BCUT2D eigenvalue weighted by atomic mass is 10.1. The van der Waals surface area contributed by atoms with Crippen LogP contribution in [0.3, 0.4) is 0 Å². The molecule has 18 heavy (non-hydrogen) atoms. The van der Waals surface area contributed by atoms with Crippen LogP contribution >= 0.6 is 10.7 Å². The summed E-state index contributed by atoms with van der Waals surface area (Å²) in [6, 6.07) is 1.79. The second-order valence-corrected chi connectivity index (χ2v) is 6.52. The quantitative estimate of drug-likeness (QED) is 0.675. The molecule has 94 valence electrons. The number of aldehydes is 1. The number of carbonyl (C=O) groups is 1. The molecule has 1 aliphatic heterocycles. The molecule has 5 nitrogen and oxygen atoms in total. The lowest BCUT2D eigenvalue weighted by Crippen LogP contribution is -1.98. The van der Waals surface area contributed by atoms with Gasteiger partial charge >= 0.3 is 0 Å². The van der Waals surface area contributed by atoms with Gasteiger partial charge in [-0.25, -0.2) is 8.42 Å². The number of hydrogen-bond donors (Lipinski definition) is 1. The fraction of sp³-hybridized carbons (Fsp3) is 0.182. The van der Waals surface area contributed by atoms with E-state index in [0.717, 1.165) is 5.56 Å². The maximum Gasteiger partial charge on any atom is 0.265 e. The number of fused-ring (bicyclic) bond motifs is 2. The van der Waals surface area contributed by atoms with Crippen molar-refractivity contribution in [1.82, 2.24) is 4.98 Å². The van der Waals surface area contributed by atoms with E-state index in [0.29, 0.717) is 30.2 Å². The minimum absolute atomic E-state index is 0.113. The van der Waals surface area contributed by atoms with Gasteiger partial charge in [-0.1, -0.05) is 0 Å². The highest BCUT2D eigenvalue weighted by Crippen LogP contribution is 2.41. The third-order valence-electron chi connectivity index (χ3n) is 2.97. The van der Waals surface area contributed by atoms with E-state index < -0.39 is 9.05 Å². The van der Waals surface area contributed by atoms with Crippen molar-refractivity contribution in [3.63, 3.8) is 0 Å². The van der Waals surface area contributed by atoms with Crippen LogP contribution in [-0.4, -0.2) is 26.3 Å². The van der Waals surface area contributed by atoms with E-state index in [4.69, 9.17) is 15.4 Å². The van der Waals surface area contributed by atoms with Gasteiger partial charge in [-0.3, -0.25) is 4.79 Å². The van der Waals surface area contributed by atoms with Gasteiger partial charge in [0.25, 0.3) is 9.05 Å². The topological polar surface area (TPSA) is 76.2 Å². The van der Waals surface area contributed by atoms with E-state index in [1.54, 1.807) is 6.07 Å². The molecule has 0 radical (unpaired) electrons. The average Bonchev–Trinajstić information content (AvgIpc) is 2.88. The Morgan fingerprint density at radius 3 is 2.89 bits per heavy atom. The zero-order chi connectivity index (χ0) is 12.9. The van der Waals surface area contributed by atoms with Gasteiger partial charge in [0.2, 0.25) is 0 Å². The van der Waals surface area contributed by atoms with Crippen molar-refractivity contribution in [1.29, 1.82) is 0 Å². The summed E-state index contributed by atoms with van der Waals surface area (Å²) in [4.78, 5) is 13.7. The van der Waals surface area contributed by atoms with E-state index in [-0.39, 0.29) is 16.2 Å². The molecule has 0 atom stereocenters. The monoisotopic (exact) mass is 285 g/mol. The zero-order valence-corrected chi connectivity index (χ0v) is 10.6. The number of rotatable bonds is 2. The molecular weight excluding hydrogens is 278 g/mol. The molecule has 1 N–H and O–H groups in total. The van der Waals surface area contributed by atoms with Crippen molar-refractivity contribution < 1.29 is 17.9 Å². The summed E-state index contributed by atoms with van der Waals surface area (Å²) >= 11 is 0. The average molecular weight is 286 g/mol. The molecule has 0 saturated carbocycles. The van der Waals surface area contributed by atoms with Crippen LogP contribution in [0.1, 0.15) is 15.9 Å². The molecule has 1 aromatic heterocycles.